The first kappa shape index (κ1) is 37.8. The van der Waals surface area contributed by atoms with Crippen LogP contribution in [0.5, 0.6) is 11.5 Å². The molecular weight excluding hydrogens is 642 g/mol. The van der Waals surface area contributed by atoms with E-state index >= 15 is 0 Å². The Labute approximate surface area is 281 Å². The molecule has 2 saturated heterocycles. The highest BCUT2D eigenvalue weighted by atomic mass is 31.1. The molecule has 2 unspecified atom stereocenters. The first-order chi connectivity index (χ1) is 21.3. The van der Waals surface area contributed by atoms with Crippen molar-refractivity contribution in [2.75, 3.05) is 26.4 Å². The molecule has 0 aromatic heterocycles. The van der Waals surface area contributed by atoms with Gasteiger partial charge in [0.15, 0.2) is 0 Å². The number of benzene rings is 2. The lowest BCUT2D eigenvalue weighted by Gasteiger charge is -2.45. The molecule has 2 heterocycles. The SMILES string of the molecule is CC(C)(C)c1ccc(OC2([P+](=O)[O-])OCC3(CO2)COC(Oc2ccc(C(C)(C)C)cc2C(C)(C)C)([P+](=O)[O-])OC3)c(C(C)(C)C)c1. The Bertz CT molecular complexity index is 1380. The third-order valence-corrected chi connectivity index (χ3v) is 10.1. The average molecular weight is 693 g/mol. The van der Waals surface area contributed by atoms with Crippen LogP contribution in [0.4, 0.5) is 0 Å². The fourth-order valence-electron chi connectivity index (χ4n) is 5.33. The summed E-state index contributed by atoms with van der Waals surface area (Å²) in [6.45, 7) is 23.8. The maximum absolute atomic E-state index is 12.6. The normalized spacial score (nSPS) is 26.6. The summed E-state index contributed by atoms with van der Waals surface area (Å²) in [5.74, 6) is 0.638. The van der Waals surface area contributed by atoms with Crippen LogP contribution in [0.3, 0.4) is 0 Å². The molecule has 2 aliphatic rings. The number of hydrogen-bond donors (Lipinski definition) is 0. The van der Waals surface area contributed by atoms with Crippen LogP contribution in [-0.2, 0) is 49.7 Å². The van der Waals surface area contributed by atoms with Crippen molar-refractivity contribution >= 4 is 16.1 Å². The van der Waals surface area contributed by atoms with Crippen LogP contribution in [0.15, 0.2) is 36.4 Å². The van der Waals surface area contributed by atoms with E-state index in [0.29, 0.717) is 11.5 Å². The summed E-state index contributed by atoms with van der Waals surface area (Å²) in [6.07, 6.45) is 0. The summed E-state index contributed by atoms with van der Waals surface area (Å²) in [4.78, 5) is 25.3. The van der Waals surface area contributed by atoms with E-state index < -0.39 is 32.9 Å². The highest BCUT2D eigenvalue weighted by Gasteiger charge is 2.63. The highest BCUT2D eigenvalue weighted by molar-refractivity contribution is 7.38. The largest absolute Gasteiger partial charge is 0.588 e. The van der Waals surface area contributed by atoms with Crippen LogP contribution in [0, 0.1) is 5.41 Å². The molecular formula is C35H50O10P2. The van der Waals surface area contributed by atoms with Crippen molar-refractivity contribution in [3.63, 3.8) is 0 Å². The molecule has 260 valence electrons. The van der Waals surface area contributed by atoms with Crippen LogP contribution < -0.4 is 19.3 Å². The van der Waals surface area contributed by atoms with Crippen LogP contribution in [0.1, 0.15) is 105 Å². The summed E-state index contributed by atoms with van der Waals surface area (Å²) in [7, 11) is -6.80. The summed E-state index contributed by atoms with van der Waals surface area (Å²) in [6, 6.07) is 11.3. The smallest absolute Gasteiger partial charge is 0.539 e. The van der Waals surface area contributed by atoms with E-state index in [1.54, 1.807) is 12.1 Å². The minimum atomic E-state index is -3.40. The molecule has 0 saturated carbocycles. The van der Waals surface area contributed by atoms with Gasteiger partial charge in [0.05, 0.1) is 31.8 Å². The van der Waals surface area contributed by atoms with Crippen LogP contribution in [0.25, 0.3) is 0 Å². The Hall–Kier alpha value is -2.00. The second-order valence-corrected chi connectivity index (χ2v) is 19.0. The van der Waals surface area contributed by atoms with Crippen LogP contribution in [-0.4, -0.2) is 37.9 Å². The second-order valence-electron chi connectivity index (χ2n) is 16.8. The first-order valence-corrected chi connectivity index (χ1v) is 18.2. The second kappa shape index (κ2) is 12.7. The maximum atomic E-state index is 12.6. The monoisotopic (exact) mass is 692 g/mol. The van der Waals surface area contributed by atoms with Gasteiger partial charge in [0.25, 0.3) is 0 Å². The van der Waals surface area contributed by atoms with Gasteiger partial charge in [-0.15, -0.1) is 0 Å². The van der Waals surface area contributed by atoms with Gasteiger partial charge in [0.1, 0.15) is 11.5 Å². The topological polar surface area (TPSA) is 136 Å². The molecule has 10 nitrogen and oxygen atoms in total. The minimum absolute atomic E-state index is 0.136. The fourth-order valence-corrected chi connectivity index (χ4v) is 6.36. The molecule has 12 heteroatoms. The van der Waals surface area contributed by atoms with Gasteiger partial charge in [-0.2, -0.15) is 0 Å². The van der Waals surface area contributed by atoms with E-state index in [2.05, 4.69) is 41.5 Å². The minimum Gasteiger partial charge on any atom is -0.588 e. The Morgan fingerprint density at radius 1 is 0.553 bits per heavy atom. The Balaban J connectivity index is 1.56. The Kier molecular flexibility index (Phi) is 10.2. The van der Waals surface area contributed by atoms with Gasteiger partial charge in [-0.05, 0) is 44.9 Å². The molecule has 2 aromatic carbocycles. The highest BCUT2D eigenvalue weighted by Crippen LogP contribution is 2.50. The summed E-state index contributed by atoms with van der Waals surface area (Å²) in [5, 5.41) is 0. The van der Waals surface area contributed by atoms with E-state index in [4.69, 9.17) is 28.4 Å². The van der Waals surface area contributed by atoms with Crippen molar-refractivity contribution in [3.8, 4) is 11.5 Å². The maximum Gasteiger partial charge on any atom is 0.539 e. The van der Waals surface area contributed by atoms with E-state index in [9.17, 15) is 18.9 Å². The zero-order valence-electron chi connectivity index (χ0n) is 29.8. The quantitative estimate of drug-likeness (QED) is 0.296. The van der Waals surface area contributed by atoms with Gasteiger partial charge < -0.3 is 19.3 Å². The molecule has 0 N–H and O–H groups in total. The standard InChI is InChI=1S/C35H50O10P2/c1-29(2,3)23-13-15-27(25(17-23)31(7,8)9)44-34(46(36)37)40-19-33(20-41-34)21-42-35(43-22-33,47(38)39)45-28-16-14-24(30(4,5)6)18-26(28)32(10,11)12/h13-18H,19-22H2,1-12H3. The molecule has 2 atom stereocenters. The van der Waals surface area contributed by atoms with Crippen molar-refractivity contribution in [3.05, 3.63) is 58.7 Å². The molecule has 1 spiro atoms. The zero-order valence-corrected chi connectivity index (χ0v) is 31.6. The van der Waals surface area contributed by atoms with Crippen molar-refractivity contribution in [1.82, 2.24) is 0 Å². The lowest BCUT2D eigenvalue weighted by atomic mass is 9.80. The number of hydrogen-bond acceptors (Lipinski definition) is 10. The first-order valence-electron chi connectivity index (χ1n) is 15.9. The Morgan fingerprint density at radius 2 is 0.851 bits per heavy atom. The van der Waals surface area contributed by atoms with Gasteiger partial charge in [-0.25, -0.2) is 0 Å². The molecule has 0 aliphatic carbocycles. The average Bonchev–Trinajstić information content (AvgIpc) is 2.93. The van der Waals surface area contributed by atoms with Crippen molar-refractivity contribution < 1.29 is 47.3 Å². The predicted molar refractivity (Wildman–Crippen MR) is 176 cm³/mol. The number of rotatable bonds is 6. The van der Waals surface area contributed by atoms with E-state index in [0.717, 1.165) is 22.3 Å². The Morgan fingerprint density at radius 3 is 1.09 bits per heavy atom. The molecule has 0 bridgehead atoms. The molecule has 2 fully saturated rings. The zero-order chi connectivity index (χ0) is 35.4. The molecule has 47 heavy (non-hydrogen) atoms. The van der Waals surface area contributed by atoms with Crippen LogP contribution in [0.2, 0.25) is 0 Å². The van der Waals surface area contributed by atoms with Gasteiger partial charge in [0, 0.05) is 11.1 Å². The molecule has 2 aliphatic heterocycles. The van der Waals surface area contributed by atoms with Gasteiger partial charge in [0.2, 0.25) is 0 Å². The van der Waals surface area contributed by atoms with Gasteiger partial charge >= 0.3 is 27.5 Å². The van der Waals surface area contributed by atoms with Crippen molar-refractivity contribution in [2.45, 2.75) is 116 Å². The fraction of sp³-hybridized carbons (Fsp3) is 0.657. The van der Waals surface area contributed by atoms with Crippen molar-refractivity contribution in [1.29, 1.82) is 0 Å². The predicted octanol–water partition coefficient (Wildman–Crippen LogP) is 6.84. The summed E-state index contributed by atoms with van der Waals surface area (Å²) < 4.78 is 60.8. The molecule has 0 radical (unpaired) electrons. The van der Waals surface area contributed by atoms with Gasteiger partial charge in [-0.1, -0.05) is 116 Å². The third-order valence-electron chi connectivity index (χ3n) is 8.48. The van der Waals surface area contributed by atoms with E-state index in [-0.39, 0.29) is 48.1 Å². The van der Waals surface area contributed by atoms with E-state index in [1.165, 1.54) is 0 Å². The summed E-state index contributed by atoms with van der Waals surface area (Å²) in [5.41, 5.74) is -3.13. The lowest BCUT2D eigenvalue weighted by molar-refractivity contribution is -0.408. The number of ether oxygens (including phenoxy) is 6. The third kappa shape index (κ3) is 8.08. The van der Waals surface area contributed by atoms with Crippen LogP contribution >= 0.6 is 16.1 Å². The molecule has 0 amide bonds. The lowest BCUT2D eigenvalue weighted by Crippen LogP contribution is -2.60. The molecule has 4 rings (SSSR count). The van der Waals surface area contributed by atoms with Crippen molar-refractivity contribution in [2.24, 2.45) is 5.41 Å². The molecule has 2 aromatic rings. The summed E-state index contributed by atoms with van der Waals surface area (Å²) >= 11 is 0. The van der Waals surface area contributed by atoms with E-state index in [1.807, 2.05) is 65.8 Å². The van der Waals surface area contributed by atoms with Gasteiger partial charge in [-0.3, -0.25) is 18.9 Å².